The minimum absolute atomic E-state index is 0.663. The number of hydrogen-bond acceptors (Lipinski definition) is 6. The van der Waals surface area contributed by atoms with Crippen molar-refractivity contribution >= 4 is 23.4 Å². The van der Waals surface area contributed by atoms with E-state index in [9.17, 15) is 0 Å². The Labute approximate surface area is 107 Å². The van der Waals surface area contributed by atoms with Crippen LogP contribution in [0.2, 0.25) is 0 Å². The lowest BCUT2D eigenvalue weighted by molar-refractivity contribution is 0.833. The van der Waals surface area contributed by atoms with Crippen molar-refractivity contribution in [2.45, 2.75) is 26.2 Å². The molecule has 1 rings (SSSR count). The Morgan fingerprint density at radius 3 is 2.76 bits per heavy atom. The van der Waals surface area contributed by atoms with E-state index in [1.165, 1.54) is 0 Å². The third-order valence-electron chi connectivity index (χ3n) is 2.23. The summed E-state index contributed by atoms with van der Waals surface area (Å²) in [6.07, 6.45) is 5.13. The van der Waals surface area contributed by atoms with Gasteiger partial charge in [-0.3, -0.25) is 0 Å². The molecule has 96 valence electrons. The number of nitrogens with zero attached hydrogens (tertiary/aromatic N) is 2. The van der Waals surface area contributed by atoms with E-state index in [1.54, 1.807) is 0 Å². The van der Waals surface area contributed by atoms with Crippen LogP contribution in [-0.2, 0) is 6.42 Å². The molecule has 0 unspecified atom stereocenters. The molecule has 0 aliphatic carbocycles. The van der Waals surface area contributed by atoms with Crippen molar-refractivity contribution in [1.82, 2.24) is 9.97 Å². The second kappa shape index (κ2) is 8.14. The van der Waals surface area contributed by atoms with Gasteiger partial charge in [0.05, 0.1) is 0 Å². The molecule has 1 heterocycles. The van der Waals surface area contributed by atoms with Gasteiger partial charge in [0.15, 0.2) is 0 Å². The predicted octanol–water partition coefficient (Wildman–Crippen LogP) is 1.88. The van der Waals surface area contributed by atoms with Gasteiger partial charge >= 0.3 is 0 Å². The highest BCUT2D eigenvalue weighted by molar-refractivity contribution is 7.98. The molecular formula is C11H21N5S. The van der Waals surface area contributed by atoms with Crippen molar-refractivity contribution < 1.29 is 0 Å². The van der Waals surface area contributed by atoms with Gasteiger partial charge in [-0.1, -0.05) is 6.92 Å². The van der Waals surface area contributed by atoms with Crippen LogP contribution in [0.15, 0.2) is 6.07 Å². The fraction of sp³-hybridized carbons (Fsp3) is 0.636. The number of rotatable bonds is 8. The minimum Gasteiger partial charge on any atom is -0.370 e. The van der Waals surface area contributed by atoms with Gasteiger partial charge in [-0.2, -0.15) is 11.8 Å². The van der Waals surface area contributed by atoms with E-state index in [0.29, 0.717) is 5.82 Å². The zero-order valence-electron chi connectivity index (χ0n) is 10.5. The fourth-order valence-corrected chi connectivity index (χ4v) is 1.86. The quantitative estimate of drug-likeness (QED) is 0.374. The van der Waals surface area contributed by atoms with Crippen LogP contribution in [0.25, 0.3) is 0 Å². The van der Waals surface area contributed by atoms with Crippen molar-refractivity contribution in [3.05, 3.63) is 11.9 Å². The Morgan fingerprint density at radius 2 is 2.12 bits per heavy atom. The molecule has 17 heavy (non-hydrogen) atoms. The molecule has 1 aromatic rings. The number of nitrogen functional groups attached to an aromatic ring is 1. The van der Waals surface area contributed by atoms with Gasteiger partial charge in [-0.15, -0.1) is 0 Å². The van der Waals surface area contributed by atoms with Crippen molar-refractivity contribution in [3.63, 3.8) is 0 Å². The molecule has 0 saturated heterocycles. The van der Waals surface area contributed by atoms with Crippen molar-refractivity contribution in [2.75, 3.05) is 29.3 Å². The second-order valence-electron chi connectivity index (χ2n) is 3.72. The SMILES string of the molecule is CCCc1nc(NN)cc(NCCCSC)n1. The lowest BCUT2D eigenvalue weighted by Crippen LogP contribution is -2.13. The summed E-state index contributed by atoms with van der Waals surface area (Å²) in [5.41, 5.74) is 2.57. The Kier molecular flexibility index (Phi) is 6.73. The Hall–Kier alpha value is -1.01. The van der Waals surface area contributed by atoms with Gasteiger partial charge in [0.25, 0.3) is 0 Å². The van der Waals surface area contributed by atoms with Crippen LogP contribution < -0.4 is 16.6 Å². The summed E-state index contributed by atoms with van der Waals surface area (Å²) in [4.78, 5) is 8.74. The van der Waals surface area contributed by atoms with E-state index >= 15 is 0 Å². The number of thioether (sulfide) groups is 1. The van der Waals surface area contributed by atoms with E-state index in [0.717, 1.165) is 43.2 Å². The molecule has 0 atom stereocenters. The largest absolute Gasteiger partial charge is 0.370 e. The van der Waals surface area contributed by atoms with E-state index in [1.807, 2.05) is 17.8 Å². The Bertz CT molecular complexity index is 332. The summed E-state index contributed by atoms with van der Waals surface area (Å²) in [6, 6.07) is 1.83. The number of hydrazine groups is 1. The first-order valence-corrected chi connectivity index (χ1v) is 7.27. The maximum Gasteiger partial charge on any atom is 0.145 e. The standard InChI is InChI=1S/C11H21N5S/c1-3-5-9-14-10(8-11(15-9)16-12)13-6-4-7-17-2/h8H,3-7,12H2,1-2H3,(H2,13,14,15,16). The molecule has 0 aliphatic heterocycles. The zero-order valence-corrected chi connectivity index (χ0v) is 11.3. The van der Waals surface area contributed by atoms with Crippen LogP contribution in [-0.4, -0.2) is 28.5 Å². The summed E-state index contributed by atoms with van der Waals surface area (Å²) in [6.45, 7) is 3.03. The summed E-state index contributed by atoms with van der Waals surface area (Å²) < 4.78 is 0. The summed E-state index contributed by atoms with van der Waals surface area (Å²) in [5, 5.41) is 3.29. The van der Waals surface area contributed by atoms with Crippen LogP contribution in [0.3, 0.4) is 0 Å². The highest BCUT2D eigenvalue weighted by Gasteiger charge is 2.02. The third kappa shape index (κ3) is 5.23. The molecule has 0 amide bonds. The van der Waals surface area contributed by atoms with Crippen LogP contribution in [0, 0.1) is 0 Å². The van der Waals surface area contributed by atoms with Crippen molar-refractivity contribution in [2.24, 2.45) is 5.84 Å². The van der Waals surface area contributed by atoms with E-state index < -0.39 is 0 Å². The molecule has 0 aromatic carbocycles. The molecular weight excluding hydrogens is 234 g/mol. The Balaban J connectivity index is 2.59. The van der Waals surface area contributed by atoms with Gasteiger partial charge < -0.3 is 10.7 Å². The maximum atomic E-state index is 5.39. The average molecular weight is 255 g/mol. The zero-order chi connectivity index (χ0) is 12.5. The second-order valence-corrected chi connectivity index (χ2v) is 4.71. The van der Waals surface area contributed by atoms with Gasteiger partial charge in [0.1, 0.15) is 17.5 Å². The monoisotopic (exact) mass is 255 g/mol. The maximum absolute atomic E-state index is 5.39. The molecule has 6 heteroatoms. The van der Waals surface area contributed by atoms with Crippen LogP contribution >= 0.6 is 11.8 Å². The molecule has 5 nitrogen and oxygen atoms in total. The number of nitrogens with two attached hydrogens (primary N) is 1. The third-order valence-corrected chi connectivity index (χ3v) is 2.92. The van der Waals surface area contributed by atoms with Gasteiger partial charge in [-0.25, -0.2) is 15.8 Å². The first-order valence-electron chi connectivity index (χ1n) is 5.87. The first kappa shape index (κ1) is 14.1. The first-order chi connectivity index (χ1) is 8.30. The molecule has 4 N–H and O–H groups in total. The van der Waals surface area contributed by atoms with Gasteiger partial charge in [0.2, 0.25) is 0 Å². The van der Waals surface area contributed by atoms with Crippen molar-refractivity contribution in [3.8, 4) is 0 Å². The highest BCUT2D eigenvalue weighted by Crippen LogP contribution is 2.11. The summed E-state index contributed by atoms with van der Waals surface area (Å²) >= 11 is 1.85. The van der Waals surface area contributed by atoms with E-state index in [2.05, 4.69) is 33.9 Å². The molecule has 0 fully saturated rings. The lowest BCUT2D eigenvalue weighted by atomic mass is 10.3. The fourth-order valence-electron chi connectivity index (χ4n) is 1.43. The molecule has 0 bridgehead atoms. The molecule has 0 spiro atoms. The van der Waals surface area contributed by atoms with Crippen LogP contribution in [0.5, 0.6) is 0 Å². The van der Waals surface area contributed by atoms with Gasteiger partial charge in [0, 0.05) is 19.0 Å². The normalized spacial score (nSPS) is 10.3. The summed E-state index contributed by atoms with van der Waals surface area (Å²) in [5.74, 6) is 8.88. The number of aromatic nitrogens is 2. The molecule has 1 aromatic heterocycles. The van der Waals surface area contributed by atoms with E-state index in [4.69, 9.17) is 5.84 Å². The number of nitrogens with one attached hydrogen (secondary N) is 2. The predicted molar refractivity (Wildman–Crippen MR) is 75.3 cm³/mol. The number of aryl methyl sites for hydroxylation is 1. The smallest absolute Gasteiger partial charge is 0.145 e. The van der Waals surface area contributed by atoms with Crippen LogP contribution in [0.4, 0.5) is 11.6 Å². The number of hydrogen-bond donors (Lipinski definition) is 3. The summed E-state index contributed by atoms with van der Waals surface area (Å²) in [7, 11) is 0. The Morgan fingerprint density at radius 1 is 1.35 bits per heavy atom. The van der Waals surface area contributed by atoms with E-state index in [-0.39, 0.29) is 0 Å². The van der Waals surface area contributed by atoms with Crippen LogP contribution in [0.1, 0.15) is 25.6 Å². The van der Waals surface area contributed by atoms with Crippen molar-refractivity contribution in [1.29, 1.82) is 0 Å². The topological polar surface area (TPSA) is 75.9 Å². The lowest BCUT2D eigenvalue weighted by Gasteiger charge is -2.09. The highest BCUT2D eigenvalue weighted by atomic mass is 32.2. The minimum atomic E-state index is 0.663. The average Bonchev–Trinajstić information content (AvgIpc) is 2.35. The molecule has 0 saturated carbocycles. The molecule has 0 aliphatic rings. The molecule has 0 radical (unpaired) electrons. The van der Waals surface area contributed by atoms with Gasteiger partial charge in [-0.05, 0) is 24.9 Å². The number of anilines is 2.